The molecule has 3 amide bonds. The van der Waals surface area contributed by atoms with Crippen molar-refractivity contribution in [1.29, 1.82) is 0 Å². The molecule has 0 spiro atoms. The molecule has 1 rings (SSSR count). The molecule has 0 aromatic rings. The number of carbonyl (C=O) groups is 2. The van der Waals surface area contributed by atoms with Crippen molar-refractivity contribution in [2.45, 2.75) is 33.4 Å². The Morgan fingerprint density at radius 1 is 1.44 bits per heavy atom. The summed E-state index contributed by atoms with van der Waals surface area (Å²) in [7, 11) is 3.17. The minimum absolute atomic E-state index is 0.184. The van der Waals surface area contributed by atoms with Crippen molar-refractivity contribution in [3.8, 4) is 0 Å². The van der Waals surface area contributed by atoms with Crippen molar-refractivity contribution < 1.29 is 9.59 Å². The second kappa shape index (κ2) is 5.82. The fourth-order valence-corrected chi connectivity index (χ4v) is 2.37. The smallest absolute Gasteiger partial charge is 0.304 e. The van der Waals surface area contributed by atoms with Crippen LogP contribution in [0.2, 0.25) is 0 Å². The number of hydrogen-bond acceptors (Lipinski definition) is 3. The van der Waals surface area contributed by atoms with Gasteiger partial charge >= 0.3 is 6.03 Å². The van der Waals surface area contributed by atoms with Gasteiger partial charge in [0, 0.05) is 20.0 Å². The van der Waals surface area contributed by atoms with Gasteiger partial charge < -0.3 is 4.90 Å². The molecule has 0 saturated carbocycles. The van der Waals surface area contributed by atoms with Gasteiger partial charge in [-0.1, -0.05) is 13.8 Å². The second-order valence-corrected chi connectivity index (χ2v) is 5.57. The van der Waals surface area contributed by atoms with Crippen molar-refractivity contribution >= 4 is 32.5 Å². The molecule has 0 bridgehead atoms. The zero-order valence-electron chi connectivity index (χ0n) is 11.5. The highest BCUT2D eigenvalue weighted by atomic mass is 79.9. The van der Waals surface area contributed by atoms with Crippen LogP contribution in [-0.2, 0) is 4.79 Å². The summed E-state index contributed by atoms with van der Waals surface area (Å²) in [6.45, 7) is 5.92. The van der Waals surface area contributed by atoms with E-state index in [0.29, 0.717) is 0 Å². The Bertz CT molecular complexity index is 362. The third-order valence-corrected chi connectivity index (χ3v) is 4.41. The van der Waals surface area contributed by atoms with Crippen LogP contribution in [0.5, 0.6) is 0 Å². The molecular weight excluding hydrogens is 298 g/mol. The molecule has 1 heterocycles. The van der Waals surface area contributed by atoms with Crippen LogP contribution in [0.4, 0.5) is 4.79 Å². The number of rotatable bonds is 3. The van der Waals surface area contributed by atoms with E-state index >= 15 is 0 Å². The third kappa shape index (κ3) is 2.74. The number of amides is 3. The van der Waals surface area contributed by atoms with E-state index in [1.807, 2.05) is 0 Å². The minimum atomic E-state index is -0.426. The fourth-order valence-electron chi connectivity index (χ4n) is 1.83. The standard InChI is InChI=1S/C12H20BrN3O2/c1-6-7(2)9(13)14-10-8(3)11(17)16(5)12(18)15(10)4/h7-8,10H,6H2,1-5H3/b14-9+. The molecule has 1 aliphatic rings. The van der Waals surface area contributed by atoms with E-state index in [1.165, 1.54) is 11.9 Å². The van der Waals surface area contributed by atoms with Crippen molar-refractivity contribution in [3.63, 3.8) is 0 Å². The van der Waals surface area contributed by atoms with Gasteiger partial charge in [0.1, 0.15) is 6.17 Å². The lowest BCUT2D eigenvalue weighted by molar-refractivity contribution is -0.136. The predicted octanol–water partition coefficient (Wildman–Crippen LogP) is 2.31. The van der Waals surface area contributed by atoms with Gasteiger partial charge in [0.25, 0.3) is 0 Å². The first-order valence-corrected chi connectivity index (χ1v) is 6.88. The lowest BCUT2D eigenvalue weighted by Gasteiger charge is -2.38. The first-order chi connectivity index (χ1) is 8.31. The van der Waals surface area contributed by atoms with Crippen LogP contribution in [0.3, 0.4) is 0 Å². The molecule has 0 radical (unpaired) electrons. The van der Waals surface area contributed by atoms with Crippen LogP contribution in [0.1, 0.15) is 27.2 Å². The average molecular weight is 318 g/mol. The number of halogens is 1. The number of imide groups is 1. The number of urea groups is 1. The van der Waals surface area contributed by atoms with Crippen molar-refractivity contribution in [2.75, 3.05) is 14.1 Å². The molecule has 1 fully saturated rings. The molecular formula is C12H20BrN3O2. The lowest BCUT2D eigenvalue weighted by Crippen LogP contribution is -2.57. The molecule has 0 aromatic carbocycles. The molecule has 3 unspecified atom stereocenters. The predicted molar refractivity (Wildman–Crippen MR) is 74.7 cm³/mol. The molecule has 0 aromatic heterocycles. The van der Waals surface area contributed by atoms with E-state index in [4.69, 9.17) is 0 Å². The maximum absolute atomic E-state index is 11.9. The Morgan fingerprint density at radius 2 is 2.00 bits per heavy atom. The van der Waals surface area contributed by atoms with Crippen molar-refractivity contribution in [1.82, 2.24) is 9.80 Å². The van der Waals surface area contributed by atoms with Gasteiger partial charge in [0.2, 0.25) is 5.91 Å². The van der Waals surface area contributed by atoms with Gasteiger partial charge in [-0.3, -0.25) is 14.7 Å². The Kier molecular flexibility index (Phi) is 4.90. The highest BCUT2D eigenvalue weighted by Gasteiger charge is 2.40. The van der Waals surface area contributed by atoms with Crippen molar-refractivity contribution in [3.05, 3.63) is 0 Å². The highest BCUT2D eigenvalue weighted by Crippen LogP contribution is 2.23. The Morgan fingerprint density at radius 3 is 2.50 bits per heavy atom. The zero-order chi connectivity index (χ0) is 14.0. The maximum atomic E-state index is 11.9. The number of nitrogens with zero attached hydrogens (tertiary/aromatic N) is 3. The summed E-state index contributed by atoms with van der Waals surface area (Å²) in [4.78, 5) is 30.9. The molecule has 18 heavy (non-hydrogen) atoms. The largest absolute Gasteiger partial charge is 0.327 e. The van der Waals surface area contributed by atoms with Gasteiger partial charge in [-0.2, -0.15) is 0 Å². The average Bonchev–Trinajstić information content (AvgIpc) is 2.37. The van der Waals surface area contributed by atoms with Crippen LogP contribution in [0, 0.1) is 11.8 Å². The quantitative estimate of drug-likeness (QED) is 0.750. The molecule has 1 saturated heterocycles. The highest BCUT2D eigenvalue weighted by molar-refractivity contribution is 9.18. The Hall–Kier alpha value is -0.910. The Balaban J connectivity index is 3.00. The van der Waals surface area contributed by atoms with Gasteiger partial charge in [-0.25, -0.2) is 4.79 Å². The van der Waals surface area contributed by atoms with E-state index in [1.54, 1.807) is 14.0 Å². The zero-order valence-corrected chi connectivity index (χ0v) is 13.1. The lowest BCUT2D eigenvalue weighted by atomic mass is 10.0. The summed E-state index contributed by atoms with van der Waals surface area (Å²) in [5.41, 5.74) is 0. The summed E-state index contributed by atoms with van der Waals surface area (Å²) in [5, 5.41) is 0. The van der Waals surface area contributed by atoms with Gasteiger partial charge in [0.15, 0.2) is 0 Å². The topological polar surface area (TPSA) is 53.0 Å². The van der Waals surface area contributed by atoms with Crippen LogP contribution in [-0.4, -0.2) is 46.6 Å². The number of hydrogen-bond donors (Lipinski definition) is 0. The van der Waals surface area contributed by atoms with Crippen LogP contribution >= 0.6 is 15.9 Å². The number of carbonyl (C=O) groups excluding carboxylic acids is 2. The second-order valence-electron chi connectivity index (χ2n) is 4.75. The SMILES string of the molecule is CCC(C)/C(Br)=N\C1C(C)C(=O)N(C)C(=O)N1C. The maximum Gasteiger partial charge on any atom is 0.327 e. The molecule has 5 nitrogen and oxygen atoms in total. The van der Waals surface area contributed by atoms with E-state index in [-0.39, 0.29) is 23.8 Å². The third-order valence-electron chi connectivity index (χ3n) is 3.43. The molecule has 102 valence electrons. The van der Waals surface area contributed by atoms with Crippen LogP contribution in [0.25, 0.3) is 0 Å². The molecule has 0 N–H and O–H groups in total. The number of aliphatic imine (C=N–C) groups is 1. The molecule has 3 atom stereocenters. The van der Waals surface area contributed by atoms with Crippen LogP contribution < -0.4 is 0 Å². The van der Waals surface area contributed by atoms with E-state index in [9.17, 15) is 9.59 Å². The summed E-state index contributed by atoms with van der Waals surface area (Å²) in [6.07, 6.45) is 0.529. The van der Waals surface area contributed by atoms with E-state index in [2.05, 4.69) is 34.8 Å². The fraction of sp³-hybridized carbons (Fsp3) is 0.750. The van der Waals surface area contributed by atoms with Crippen molar-refractivity contribution in [2.24, 2.45) is 16.8 Å². The first kappa shape index (κ1) is 15.1. The summed E-state index contributed by atoms with van der Waals surface area (Å²) in [5.74, 6) is -0.221. The summed E-state index contributed by atoms with van der Waals surface area (Å²) in [6, 6.07) is -0.309. The van der Waals surface area contributed by atoms with E-state index < -0.39 is 6.17 Å². The van der Waals surface area contributed by atoms with E-state index in [0.717, 1.165) is 15.9 Å². The van der Waals surface area contributed by atoms with Gasteiger partial charge in [-0.05, 0) is 29.3 Å². The summed E-state index contributed by atoms with van der Waals surface area (Å²) >= 11 is 3.44. The van der Waals surface area contributed by atoms with Crippen LogP contribution in [0.15, 0.2) is 4.99 Å². The molecule has 1 aliphatic heterocycles. The minimum Gasteiger partial charge on any atom is -0.304 e. The Labute approximate surface area is 116 Å². The van der Waals surface area contributed by atoms with Gasteiger partial charge in [0.05, 0.1) is 10.5 Å². The first-order valence-electron chi connectivity index (χ1n) is 6.08. The normalized spacial score (nSPS) is 27.8. The monoisotopic (exact) mass is 317 g/mol. The molecule has 6 heteroatoms. The summed E-state index contributed by atoms with van der Waals surface area (Å²) < 4.78 is 0.804. The van der Waals surface area contributed by atoms with Gasteiger partial charge in [-0.15, -0.1) is 0 Å². The molecule has 0 aliphatic carbocycles.